The van der Waals surface area contributed by atoms with Crippen LogP contribution < -0.4 is 15.4 Å². The van der Waals surface area contributed by atoms with Gasteiger partial charge in [0.05, 0.1) is 0 Å². The molecular formula is C22H29N3O3. The van der Waals surface area contributed by atoms with E-state index in [2.05, 4.69) is 24.1 Å². The minimum absolute atomic E-state index is 0.0718. The number of hydrogen-bond donors (Lipinski definition) is 2. The van der Waals surface area contributed by atoms with Crippen molar-refractivity contribution in [3.63, 3.8) is 0 Å². The highest BCUT2D eigenvalue weighted by Gasteiger charge is 2.38. The van der Waals surface area contributed by atoms with Gasteiger partial charge in [-0.15, -0.1) is 0 Å². The summed E-state index contributed by atoms with van der Waals surface area (Å²) in [6.45, 7) is 7.33. The summed E-state index contributed by atoms with van der Waals surface area (Å²) in [7, 11) is 0. The molecule has 28 heavy (non-hydrogen) atoms. The van der Waals surface area contributed by atoms with Crippen LogP contribution in [0.3, 0.4) is 0 Å². The molecule has 1 saturated heterocycles. The number of carbonyl (C=O) groups excluding carboxylic acids is 2. The van der Waals surface area contributed by atoms with E-state index >= 15 is 0 Å². The van der Waals surface area contributed by atoms with E-state index in [0.29, 0.717) is 31.0 Å². The fourth-order valence-corrected chi connectivity index (χ4v) is 4.61. The highest BCUT2D eigenvalue weighted by atomic mass is 16.5. The van der Waals surface area contributed by atoms with Crippen LogP contribution in [0.2, 0.25) is 0 Å². The zero-order valence-electron chi connectivity index (χ0n) is 16.5. The average molecular weight is 383 g/mol. The molecule has 0 spiro atoms. The molecule has 2 fully saturated rings. The molecule has 150 valence electrons. The Morgan fingerprint density at radius 1 is 1.25 bits per heavy atom. The predicted octanol–water partition coefficient (Wildman–Crippen LogP) is 2.73. The summed E-state index contributed by atoms with van der Waals surface area (Å²) in [5, 5.41) is 6.31. The lowest BCUT2D eigenvalue weighted by atomic mass is 9.92. The lowest BCUT2D eigenvalue weighted by molar-refractivity contribution is -0.126. The summed E-state index contributed by atoms with van der Waals surface area (Å²) < 4.78 is 6.31. The molecule has 6 heteroatoms. The van der Waals surface area contributed by atoms with Gasteiger partial charge in [-0.2, -0.15) is 0 Å². The number of ether oxygens (including phenoxy) is 1. The van der Waals surface area contributed by atoms with Crippen LogP contribution in [-0.2, 0) is 11.3 Å². The normalized spacial score (nSPS) is 27.5. The van der Waals surface area contributed by atoms with Crippen molar-refractivity contribution >= 4 is 11.8 Å². The van der Waals surface area contributed by atoms with E-state index in [4.69, 9.17) is 4.74 Å². The van der Waals surface area contributed by atoms with E-state index in [1.165, 1.54) is 12.8 Å². The van der Waals surface area contributed by atoms with Gasteiger partial charge in [-0.25, -0.2) is 0 Å². The molecular weight excluding hydrogens is 354 g/mol. The summed E-state index contributed by atoms with van der Waals surface area (Å²) in [5.74, 6) is 0.603. The van der Waals surface area contributed by atoms with Crippen molar-refractivity contribution < 1.29 is 14.3 Å². The molecule has 4 rings (SSSR count). The van der Waals surface area contributed by atoms with Gasteiger partial charge < -0.3 is 20.3 Å². The van der Waals surface area contributed by atoms with E-state index in [9.17, 15) is 9.59 Å². The Kier molecular flexibility index (Phi) is 5.40. The molecule has 6 nitrogen and oxygen atoms in total. The number of rotatable bonds is 5. The van der Waals surface area contributed by atoms with Gasteiger partial charge in [0.1, 0.15) is 17.9 Å². The van der Waals surface area contributed by atoms with Gasteiger partial charge in [0.2, 0.25) is 5.91 Å². The Balaban J connectivity index is 1.48. The summed E-state index contributed by atoms with van der Waals surface area (Å²) in [6, 6.07) is 5.67. The Morgan fingerprint density at radius 2 is 2.07 bits per heavy atom. The topological polar surface area (TPSA) is 70.7 Å². The maximum atomic E-state index is 12.8. The standard InChI is InChI=1S/C22H29N3O3/c1-3-23-18-6-4-5-7-20(18)28-16-9-10-17-15(12-16)13-25(22(17)27)19-11-8-14(2)24-21(19)26/h9-10,12,18-20,23H,2-8,11,13H2,1H3,(H,24,26)/t18-,19?,20-/m1/s1. The third-order valence-corrected chi connectivity index (χ3v) is 6.06. The van der Waals surface area contributed by atoms with Gasteiger partial charge in [-0.1, -0.05) is 19.9 Å². The minimum Gasteiger partial charge on any atom is -0.489 e. The summed E-state index contributed by atoms with van der Waals surface area (Å²) in [4.78, 5) is 26.8. The molecule has 0 aromatic heterocycles. The zero-order chi connectivity index (χ0) is 19.7. The van der Waals surface area contributed by atoms with Crippen molar-refractivity contribution in [2.75, 3.05) is 6.54 Å². The van der Waals surface area contributed by atoms with Crippen LogP contribution in [0.25, 0.3) is 0 Å². The van der Waals surface area contributed by atoms with Gasteiger partial charge in [0, 0.05) is 23.8 Å². The van der Waals surface area contributed by atoms with Gasteiger partial charge in [-0.05, 0) is 62.4 Å². The number of hydrogen-bond acceptors (Lipinski definition) is 4. The SMILES string of the molecule is C=C1CCC(N2Cc3cc(O[C@@H]4CCCC[C@H]4NCC)ccc3C2=O)C(=O)N1. The minimum atomic E-state index is -0.425. The molecule has 1 aliphatic carbocycles. The van der Waals surface area contributed by atoms with Gasteiger partial charge in [-0.3, -0.25) is 9.59 Å². The molecule has 0 bridgehead atoms. The second-order valence-corrected chi connectivity index (χ2v) is 8.00. The molecule has 1 unspecified atom stereocenters. The highest BCUT2D eigenvalue weighted by Crippen LogP contribution is 2.32. The smallest absolute Gasteiger partial charge is 0.255 e. The Labute approximate surface area is 166 Å². The first-order valence-electron chi connectivity index (χ1n) is 10.4. The quantitative estimate of drug-likeness (QED) is 0.820. The van der Waals surface area contributed by atoms with Crippen molar-refractivity contribution in [1.29, 1.82) is 0 Å². The van der Waals surface area contributed by atoms with Crippen LogP contribution in [0.4, 0.5) is 0 Å². The highest BCUT2D eigenvalue weighted by molar-refractivity contribution is 6.01. The van der Waals surface area contributed by atoms with Gasteiger partial charge in [0.15, 0.2) is 0 Å². The fraction of sp³-hybridized carbons (Fsp3) is 0.545. The Bertz CT molecular complexity index is 789. The van der Waals surface area contributed by atoms with Crippen molar-refractivity contribution in [2.45, 2.75) is 70.2 Å². The summed E-state index contributed by atoms with van der Waals surface area (Å²) >= 11 is 0. The lowest BCUT2D eigenvalue weighted by Gasteiger charge is -2.32. The summed E-state index contributed by atoms with van der Waals surface area (Å²) in [5.41, 5.74) is 2.34. The van der Waals surface area contributed by atoms with E-state index in [1.807, 2.05) is 18.2 Å². The first-order chi connectivity index (χ1) is 13.6. The number of fused-ring (bicyclic) bond motifs is 1. The van der Waals surface area contributed by atoms with E-state index in [0.717, 1.165) is 36.4 Å². The number of piperidine rings is 1. The number of nitrogens with zero attached hydrogens (tertiary/aromatic N) is 1. The van der Waals surface area contributed by atoms with Crippen molar-refractivity contribution in [1.82, 2.24) is 15.5 Å². The fourth-order valence-electron chi connectivity index (χ4n) is 4.61. The van der Waals surface area contributed by atoms with Crippen LogP contribution in [0.1, 0.15) is 61.4 Å². The second kappa shape index (κ2) is 7.95. The van der Waals surface area contributed by atoms with Crippen molar-refractivity contribution in [3.05, 3.63) is 41.6 Å². The first kappa shape index (κ1) is 19.0. The third-order valence-electron chi connectivity index (χ3n) is 6.06. The molecule has 2 heterocycles. The molecule has 3 aliphatic rings. The largest absolute Gasteiger partial charge is 0.489 e. The van der Waals surface area contributed by atoms with Crippen LogP contribution in [-0.4, -0.2) is 41.4 Å². The average Bonchev–Trinajstić information content (AvgIpc) is 2.99. The monoisotopic (exact) mass is 383 g/mol. The van der Waals surface area contributed by atoms with E-state index in [1.54, 1.807) is 4.90 Å². The molecule has 2 aliphatic heterocycles. The molecule has 2 N–H and O–H groups in total. The lowest BCUT2D eigenvalue weighted by Crippen LogP contribution is -2.49. The van der Waals surface area contributed by atoms with Crippen LogP contribution in [0, 0.1) is 0 Å². The third kappa shape index (κ3) is 3.65. The van der Waals surface area contributed by atoms with E-state index < -0.39 is 6.04 Å². The maximum Gasteiger partial charge on any atom is 0.255 e. The molecule has 1 aromatic carbocycles. The maximum absolute atomic E-state index is 12.8. The number of benzene rings is 1. The zero-order valence-corrected chi connectivity index (χ0v) is 16.5. The number of likely N-dealkylation sites (N-methyl/N-ethyl adjacent to an activating group) is 1. The Morgan fingerprint density at radius 3 is 2.86 bits per heavy atom. The molecule has 3 atom stereocenters. The van der Waals surface area contributed by atoms with Crippen LogP contribution in [0.15, 0.2) is 30.5 Å². The molecule has 2 amide bonds. The van der Waals surface area contributed by atoms with Crippen molar-refractivity contribution in [2.24, 2.45) is 0 Å². The van der Waals surface area contributed by atoms with Gasteiger partial charge >= 0.3 is 0 Å². The first-order valence-corrected chi connectivity index (χ1v) is 10.4. The molecule has 1 saturated carbocycles. The van der Waals surface area contributed by atoms with Crippen molar-refractivity contribution in [3.8, 4) is 5.75 Å². The predicted molar refractivity (Wildman–Crippen MR) is 107 cm³/mol. The second-order valence-electron chi connectivity index (χ2n) is 8.00. The van der Waals surface area contributed by atoms with Crippen LogP contribution in [0.5, 0.6) is 5.75 Å². The Hall–Kier alpha value is -2.34. The number of carbonyl (C=O) groups is 2. The number of allylic oxidation sites excluding steroid dienone is 1. The number of amides is 2. The molecule has 1 aromatic rings. The summed E-state index contributed by atoms with van der Waals surface area (Å²) in [6.07, 6.45) is 6.10. The van der Waals surface area contributed by atoms with E-state index in [-0.39, 0.29) is 17.9 Å². The molecule has 0 radical (unpaired) electrons. The van der Waals surface area contributed by atoms with Gasteiger partial charge in [0.25, 0.3) is 5.91 Å². The van der Waals surface area contributed by atoms with Crippen LogP contribution >= 0.6 is 0 Å². The number of nitrogens with one attached hydrogen (secondary N) is 2.